The molecule has 0 spiro atoms. The van der Waals surface area contributed by atoms with Crippen molar-refractivity contribution in [1.82, 2.24) is 14.7 Å². The van der Waals surface area contributed by atoms with E-state index in [1.165, 1.54) is 4.68 Å². The summed E-state index contributed by atoms with van der Waals surface area (Å²) in [6.07, 6.45) is 8.31. The van der Waals surface area contributed by atoms with Crippen molar-refractivity contribution >= 4 is 12.0 Å². The summed E-state index contributed by atoms with van der Waals surface area (Å²) in [6, 6.07) is 9.96. The topological polar surface area (TPSA) is 67.6 Å². The largest absolute Gasteiger partial charge is 0.497 e. The average molecular weight is 355 g/mol. The maximum Gasteiger partial charge on any atom is 0.325 e. The number of ether oxygens (including phenoxy) is 1. The van der Waals surface area contributed by atoms with E-state index in [1.807, 2.05) is 30.3 Å². The molecule has 1 aliphatic heterocycles. The standard InChI is InChI=1S/C20H25N3O3/c1-26-18-8-6-16(7-9-18)4-2-11-22-12-3-5-17(14-22)19-10-13-23(21-19)15-20(24)25/h2,4,6-10,13,17H,3,5,11-12,14-15H2,1H3,(H,24,25)/b4-2+/t17-/m1/s1. The van der Waals surface area contributed by atoms with Crippen molar-refractivity contribution in [2.75, 3.05) is 26.7 Å². The molecule has 2 aromatic rings. The van der Waals surface area contributed by atoms with Crippen molar-refractivity contribution in [2.24, 2.45) is 0 Å². The smallest absolute Gasteiger partial charge is 0.325 e. The number of benzene rings is 1. The van der Waals surface area contributed by atoms with Gasteiger partial charge in [-0.2, -0.15) is 5.10 Å². The fraction of sp³-hybridized carbons (Fsp3) is 0.400. The van der Waals surface area contributed by atoms with E-state index in [0.29, 0.717) is 5.92 Å². The van der Waals surface area contributed by atoms with Gasteiger partial charge in [-0.3, -0.25) is 14.4 Å². The Morgan fingerprint density at radius 1 is 1.35 bits per heavy atom. The molecule has 1 fully saturated rings. The molecular formula is C20H25N3O3. The number of piperidine rings is 1. The van der Waals surface area contributed by atoms with Gasteiger partial charge in [0.25, 0.3) is 0 Å². The van der Waals surface area contributed by atoms with Crippen molar-refractivity contribution in [1.29, 1.82) is 0 Å². The second-order valence-corrected chi connectivity index (χ2v) is 6.61. The summed E-state index contributed by atoms with van der Waals surface area (Å²) in [5.74, 6) is 0.366. The number of carbonyl (C=O) groups is 1. The van der Waals surface area contributed by atoms with Crippen LogP contribution in [0.25, 0.3) is 6.08 Å². The number of hydrogen-bond acceptors (Lipinski definition) is 4. The van der Waals surface area contributed by atoms with Gasteiger partial charge >= 0.3 is 5.97 Å². The molecule has 0 aliphatic carbocycles. The molecule has 1 aromatic carbocycles. The van der Waals surface area contributed by atoms with E-state index >= 15 is 0 Å². The molecule has 0 amide bonds. The molecule has 2 heterocycles. The molecule has 6 heteroatoms. The van der Waals surface area contributed by atoms with Crippen LogP contribution in [0, 0.1) is 0 Å². The summed E-state index contributed by atoms with van der Waals surface area (Å²) >= 11 is 0. The van der Waals surface area contributed by atoms with Gasteiger partial charge in [0.2, 0.25) is 0 Å². The first kappa shape index (κ1) is 18.2. The number of aliphatic carboxylic acids is 1. The van der Waals surface area contributed by atoms with Crippen LogP contribution >= 0.6 is 0 Å². The number of hydrogen-bond donors (Lipinski definition) is 1. The van der Waals surface area contributed by atoms with Gasteiger partial charge in [0.05, 0.1) is 12.8 Å². The summed E-state index contributed by atoms with van der Waals surface area (Å²) in [6.45, 7) is 2.86. The molecule has 0 saturated carbocycles. The van der Waals surface area contributed by atoms with Crippen molar-refractivity contribution < 1.29 is 14.6 Å². The van der Waals surface area contributed by atoms with Crippen LogP contribution in [0.3, 0.4) is 0 Å². The van der Waals surface area contributed by atoms with Crippen LogP contribution in [0.4, 0.5) is 0 Å². The fourth-order valence-electron chi connectivity index (χ4n) is 3.34. The molecule has 3 rings (SSSR count). The van der Waals surface area contributed by atoms with Crippen molar-refractivity contribution in [3.8, 4) is 5.75 Å². The zero-order valence-corrected chi connectivity index (χ0v) is 15.0. The normalized spacial score (nSPS) is 18.3. The lowest BCUT2D eigenvalue weighted by atomic mass is 9.95. The molecule has 0 bridgehead atoms. The van der Waals surface area contributed by atoms with Gasteiger partial charge in [-0.1, -0.05) is 24.3 Å². The molecule has 1 aromatic heterocycles. The lowest BCUT2D eigenvalue weighted by Crippen LogP contribution is -2.34. The Morgan fingerprint density at radius 2 is 2.15 bits per heavy atom. The van der Waals surface area contributed by atoms with Crippen LogP contribution in [0.1, 0.15) is 30.0 Å². The van der Waals surface area contributed by atoms with E-state index in [1.54, 1.807) is 13.3 Å². The molecule has 1 N–H and O–H groups in total. The minimum atomic E-state index is -0.867. The van der Waals surface area contributed by atoms with Crippen LogP contribution in [-0.4, -0.2) is 52.5 Å². The number of likely N-dealkylation sites (tertiary alicyclic amines) is 1. The highest BCUT2D eigenvalue weighted by Gasteiger charge is 2.22. The lowest BCUT2D eigenvalue weighted by molar-refractivity contribution is -0.137. The SMILES string of the molecule is COc1ccc(/C=C/CN2CCC[C@@H](c3ccn(CC(=O)O)n3)C2)cc1. The number of nitrogens with zero attached hydrogens (tertiary/aromatic N) is 3. The third-order valence-corrected chi connectivity index (χ3v) is 4.67. The second kappa shape index (κ2) is 8.67. The first-order valence-corrected chi connectivity index (χ1v) is 8.92. The zero-order valence-electron chi connectivity index (χ0n) is 15.0. The van der Waals surface area contributed by atoms with Gasteiger partial charge in [0.1, 0.15) is 12.3 Å². The number of aromatic nitrogens is 2. The molecular weight excluding hydrogens is 330 g/mol. The first-order chi connectivity index (χ1) is 12.6. The van der Waals surface area contributed by atoms with Gasteiger partial charge in [-0.05, 0) is 43.1 Å². The summed E-state index contributed by atoms with van der Waals surface area (Å²) in [4.78, 5) is 13.2. The van der Waals surface area contributed by atoms with Crippen LogP contribution in [-0.2, 0) is 11.3 Å². The van der Waals surface area contributed by atoms with Gasteiger partial charge in [0.15, 0.2) is 0 Å². The molecule has 0 unspecified atom stereocenters. The molecule has 1 saturated heterocycles. The second-order valence-electron chi connectivity index (χ2n) is 6.61. The van der Waals surface area contributed by atoms with Crippen LogP contribution in [0.15, 0.2) is 42.6 Å². The van der Waals surface area contributed by atoms with E-state index in [-0.39, 0.29) is 6.54 Å². The summed E-state index contributed by atoms with van der Waals surface area (Å²) in [5.41, 5.74) is 2.15. The molecule has 26 heavy (non-hydrogen) atoms. The highest BCUT2D eigenvalue weighted by atomic mass is 16.5. The minimum Gasteiger partial charge on any atom is -0.497 e. The Labute approximate surface area is 153 Å². The Balaban J connectivity index is 1.53. The third-order valence-electron chi connectivity index (χ3n) is 4.67. The molecule has 0 radical (unpaired) electrons. The monoisotopic (exact) mass is 355 g/mol. The van der Waals surface area contributed by atoms with Crippen molar-refractivity contribution in [2.45, 2.75) is 25.3 Å². The Hall–Kier alpha value is -2.60. The number of methoxy groups -OCH3 is 1. The Bertz CT molecular complexity index is 752. The van der Waals surface area contributed by atoms with Gasteiger partial charge in [-0.15, -0.1) is 0 Å². The number of carboxylic acid groups (broad SMARTS) is 1. The maximum atomic E-state index is 10.8. The van der Waals surface area contributed by atoms with E-state index in [9.17, 15) is 4.79 Å². The van der Waals surface area contributed by atoms with Gasteiger partial charge in [-0.25, -0.2) is 0 Å². The summed E-state index contributed by atoms with van der Waals surface area (Å²) in [7, 11) is 1.67. The molecule has 138 valence electrons. The quantitative estimate of drug-likeness (QED) is 0.827. The summed E-state index contributed by atoms with van der Waals surface area (Å²) < 4.78 is 6.67. The molecule has 6 nitrogen and oxygen atoms in total. The first-order valence-electron chi connectivity index (χ1n) is 8.92. The van der Waals surface area contributed by atoms with E-state index < -0.39 is 5.97 Å². The van der Waals surface area contributed by atoms with Crippen LogP contribution < -0.4 is 4.74 Å². The van der Waals surface area contributed by atoms with Gasteiger partial charge < -0.3 is 9.84 Å². The predicted octanol–water partition coefficient (Wildman–Crippen LogP) is 2.87. The van der Waals surface area contributed by atoms with Crippen molar-refractivity contribution in [3.63, 3.8) is 0 Å². The van der Waals surface area contributed by atoms with Gasteiger partial charge in [0, 0.05) is 25.2 Å². The molecule has 1 atom stereocenters. The van der Waals surface area contributed by atoms with Crippen LogP contribution in [0.5, 0.6) is 5.75 Å². The van der Waals surface area contributed by atoms with E-state index in [2.05, 4.69) is 22.2 Å². The highest BCUT2D eigenvalue weighted by Crippen LogP contribution is 2.25. The third kappa shape index (κ3) is 4.95. The highest BCUT2D eigenvalue weighted by molar-refractivity contribution is 5.66. The van der Waals surface area contributed by atoms with Crippen LogP contribution in [0.2, 0.25) is 0 Å². The minimum absolute atomic E-state index is 0.0823. The molecule has 1 aliphatic rings. The number of carboxylic acids is 1. The average Bonchev–Trinajstić information content (AvgIpc) is 3.10. The fourth-order valence-corrected chi connectivity index (χ4v) is 3.34. The number of rotatable bonds is 7. The zero-order chi connectivity index (χ0) is 18.4. The Morgan fingerprint density at radius 3 is 2.88 bits per heavy atom. The Kier molecular flexibility index (Phi) is 6.07. The van der Waals surface area contributed by atoms with E-state index in [0.717, 1.165) is 49.5 Å². The summed E-state index contributed by atoms with van der Waals surface area (Å²) in [5, 5.41) is 13.3. The van der Waals surface area contributed by atoms with Crippen molar-refractivity contribution in [3.05, 3.63) is 53.9 Å². The lowest BCUT2D eigenvalue weighted by Gasteiger charge is -2.31. The predicted molar refractivity (Wildman–Crippen MR) is 100 cm³/mol. The maximum absolute atomic E-state index is 10.8. The van der Waals surface area contributed by atoms with E-state index in [4.69, 9.17) is 9.84 Å².